The van der Waals surface area contributed by atoms with Crippen molar-refractivity contribution >= 4 is 33.0 Å². The number of aryl methyl sites for hydroxylation is 1. The Hall–Kier alpha value is -2.13. The summed E-state index contributed by atoms with van der Waals surface area (Å²) in [5.41, 5.74) is 7.47. The Bertz CT molecular complexity index is 792. The van der Waals surface area contributed by atoms with Crippen molar-refractivity contribution in [2.45, 2.75) is 19.4 Å². The third-order valence-electron chi connectivity index (χ3n) is 4.35. The molecule has 1 aliphatic heterocycles. The molecule has 0 saturated carbocycles. The third kappa shape index (κ3) is 5.18. The third-order valence-corrected chi connectivity index (χ3v) is 6.10. The van der Waals surface area contributed by atoms with E-state index in [0.717, 1.165) is 5.56 Å². The monoisotopic (exact) mass is 382 g/mol. The number of nitrogen functional groups attached to an aromatic ring is 1. The summed E-state index contributed by atoms with van der Waals surface area (Å²) >= 11 is 0. The maximum Gasteiger partial charge on any atom is 0.313 e. The van der Waals surface area contributed by atoms with E-state index >= 15 is 0 Å². The molecule has 0 radical (unpaired) electrons. The minimum Gasteiger partial charge on any atom is -0.397 e. The average Bonchev–Trinajstić information content (AvgIpc) is 2.90. The summed E-state index contributed by atoms with van der Waals surface area (Å²) in [5, 5.41) is 2.54. The molecule has 1 aliphatic rings. The second-order valence-corrected chi connectivity index (χ2v) is 9.13. The number of nitrogens with one attached hydrogen (secondary N) is 1. The van der Waals surface area contributed by atoms with Crippen LogP contribution in [0.2, 0.25) is 0 Å². The number of sulfone groups is 1. The first-order chi connectivity index (χ1) is 12.1. The van der Waals surface area contributed by atoms with Gasteiger partial charge in [0, 0.05) is 19.1 Å². The van der Waals surface area contributed by atoms with Gasteiger partial charge in [-0.3, -0.25) is 9.59 Å². The van der Waals surface area contributed by atoms with Crippen molar-refractivity contribution in [1.29, 1.82) is 0 Å². The molecule has 144 valence electrons. The molecule has 0 bridgehead atoms. The van der Waals surface area contributed by atoms with Crippen molar-refractivity contribution < 1.29 is 18.0 Å². The van der Waals surface area contributed by atoms with E-state index in [2.05, 4.69) is 5.32 Å². The van der Waals surface area contributed by atoms with Crippen LogP contribution in [0.3, 0.4) is 0 Å². The molecule has 0 aromatic heterocycles. The number of hydrogen-bond donors (Lipinski definition) is 2. The van der Waals surface area contributed by atoms with Gasteiger partial charge in [0.25, 0.3) is 0 Å². The fraction of sp³-hybridized carbons (Fsp3) is 0.529. The number of benzene rings is 1. The molecule has 0 spiro atoms. The minimum atomic E-state index is -3.17. The van der Waals surface area contributed by atoms with Crippen LogP contribution >= 0.6 is 0 Å². The number of nitrogens with two attached hydrogens (primary N) is 1. The van der Waals surface area contributed by atoms with Gasteiger partial charge in [-0.25, -0.2) is 8.42 Å². The molecule has 9 heteroatoms. The van der Waals surface area contributed by atoms with Crippen molar-refractivity contribution in [2.24, 2.45) is 0 Å². The fourth-order valence-electron chi connectivity index (χ4n) is 2.86. The Balaban J connectivity index is 2.16. The lowest BCUT2D eigenvalue weighted by Gasteiger charge is -2.29. The summed E-state index contributed by atoms with van der Waals surface area (Å²) < 4.78 is 23.6. The Morgan fingerprint density at radius 3 is 2.54 bits per heavy atom. The van der Waals surface area contributed by atoms with Crippen molar-refractivity contribution in [3.63, 3.8) is 0 Å². The number of anilines is 2. The van der Waals surface area contributed by atoms with Gasteiger partial charge >= 0.3 is 11.8 Å². The maximum atomic E-state index is 12.7. The first-order valence-electron chi connectivity index (χ1n) is 8.42. The van der Waals surface area contributed by atoms with E-state index in [0.29, 0.717) is 24.3 Å². The lowest BCUT2D eigenvalue weighted by atomic mass is 10.2. The van der Waals surface area contributed by atoms with Crippen LogP contribution in [0, 0.1) is 6.92 Å². The Labute approximate surface area is 154 Å². The van der Waals surface area contributed by atoms with Crippen molar-refractivity contribution in [3.05, 3.63) is 23.8 Å². The molecule has 1 atom stereocenters. The van der Waals surface area contributed by atoms with Crippen LogP contribution in [0.15, 0.2) is 18.2 Å². The summed E-state index contributed by atoms with van der Waals surface area (Å²) in [5.74, 6) is -1.62. The maximum absolute atomic E-state index is 12.7. The topological polar surface area (TPSA) is 113 Å². The van der Waals surface area contributed by atoms with Crippen LogP contribution in [0.1, 0.15) is 12.0 Å². The van der Waals surface area contributed by atoms with Crippen molar-refractivity contribution in [2.75, 3.05) is 49.7 Å². The molecule has 1 heterocycles. The van der Waals surface area contributed by atoms with Crippen molar-refractivity contribution in [3.8, 4) is 0 Å². The number of rotatable bonds is 5. The van der Waals surface area contributed by atoms with E-state index in [9.17, 15) is 18.0 Å². The zero-order chi connectivity index (χ0) is 19.5. The molecule has 3 N–H and O–H groups in total. The molecule has 1 fully saturated rings. The van der Waals surface area contributed by atoms with Crippen LogP contribution in [0.4, 0.5) is 11.4 Å². The summed E-state index contributed by atoms with van der Waals surface area (Å²) in [7, 11) is 0.529. The van der Waals surface area contributed by atoms with Gasteiger partial charge < -0.3 is 20.9 Å². The van der Waals surface area contributed by atoms with E-state index < -0.39 is 27.7 Å². The van der Waals surface area contributed by atoms with Gasteiger partial charge in [-0.1, -0.05) is 6.07 Å². The fourth-order valence-corrected chi connectivity index (χ4v) is 4.59. The molecule has 0 aliphatic carbocycles. The second kappa shape index (κ2) is 8.05. The number of likely N-dealkylation sites (N-methyl/N-ethyl adjacent to an activating group) is 1. The summed E-state index contributed by atoms with van der Waals surface area (Å²) in [6, 6.07) is 4.67. The number of amides is 2. The molecule has 1 unspecified atom stereocenters. The molecule has 1 aromatic rings. The van der Waals surface area contributed by atoms with Gasteiger partial charge in [0.1, 0.15) is 0 Å². The first-order valence-corrected chi connectivity index (χ1v) is 10.2. The SMILES string of the molecule is Cc1ccc(N)c(NC(=O)C(=O)N(CCN(C)C)C2CCS(=O)(=O)C2)c1. The van der Waals surface area contributed by atoms with Gasteiger partial charge in [-0.15, -0.1) is 0 Å². The predicted octanol–water partition coefficient (Wildman–Crippen LogP) is 0.0930. The Morgan fingerprint density at radius 2 is 1.96 bits per heavy atom. The van der Waals surface area contributed by atoms with Gasteiger partial charge in [0.2, 0.25) is 0 Å². The predicted molar refractivity (Wildman–Crippen MR) is 102 cm³/mol. The Morgan fingerprint density at radius 1 is 1.27 bits per heavy atom. The lowest BCUT2D eigenvalue weighted by molar-refractivity contribution is -0.144. The highest BCUT2D eigenvalue weighted by Crippen LogP contribution is 2.21. The Kier molecular flexibility index (Phi) is 6.25. The van der Waals surface area contributed by atoms with E-state index in [1.807, 2.05) is 25.9 Å². The molecule has 2 rings (SSSR count). The first kappa shape index (κ1) is 20.2. The number of nitrogens with zero attached hydrogens (tertiary/aromatic N) is 2. The molecule has 26 heavy (non-hydrogen) atoms. The molecular weight excluding hydrogens is 356 g/mol. The van der Waals surface area contributed by atoms with Crippen molar-refractivity contribution in [1.82, 2.24) is 9.80 Å². The summed E-state index contributed by atoms with van der Waals surface area (Å²) in [4.78, 5) is 28.4. The smallest absolute Gasteiger partial charge is 0.313 e. The van der Waals surface area contributed by atoms with Gasteiger partial charge in [-0.2, -0.15) is 0 Å². The highest BCUT2D eigenvalue weighted by Gasteiger charge is 2.36. The lowest BCUT2D eigenvalue weighted by Crippen LogP contribution is -2.49. The molecule has 2 amide bonds. The zero-order valence-electron chi connectivity index (χ0n) is 15.4. The molecular formula is C17H26N4O4S. The highest BCUT2D eigenvalue weighted by atomic mass is 32.2. The zero-order valence-corrected chi connectivity index (χ0v) is 16.2. The second-order valence-electron chi connectivity index (χ2n) is 6.90. The molecule has 8 nitrogen and oxygen atoms in total. The van der Waals surface area contributed by atoms with Crippen LogP contribution < -0.4 is 11.1 Å². The number of carbonyl (C=O) groups excluding carboxylic acids is 2. The molecule has 1 aromatic carbocycles. The number of hydrogen-bond acceptors (Lipinski definition) is 6. The number of carbonyl (C=O) groups is 2. The highest BCUT2D eigenvalue weighted by molar-refractivity contribution is 7.91. The average molecular weight is 382 g/mol. The van der Waals surface area contributed by atoms with Crippen LogP contribution in [-0.2, 0) is 19.4 Å². The normalized spacial score (nSPS) is 18.7. The van der Waals surface area contributed by atoms with Crippen LogP contribution in [0.25, 0.3) is 0 Å². The minimum absolute atomic E-state index is 0.0376. The molecule has 1 saturated heterocycles. The largest absolute Gasteiger partial charge is 0.397 e. The van der Waals surface area contributed by atoms with Gasteiger partial charge in [0.05, 0.1) is 22.9 Å². The van der Waals surface area contributed by atoms with E-state index in [1.54, 1.807) is 18.2 Å². The van der Waals surface area contributed by atoms with E-state index in [4.69, 9.17) is 5.73 Å². The summed E-state index contributed by atoms with van der Waals surface area (Å²) in [6.45, 7) is 2.66. The van der Waals surface area contributed by atoms with E-state index in [-0.39, 0.29) is 18.1 Å². The van der Waals surface area contributed by atoms with Gasteiger partial charge in [0.15, 0.2) is 9.84 Å². The standard InChI is InChI=1S/C17H26N4O4S/c1-12-4-5-14(18)15(10-12)19-16(22)17(23)21(8-7-20(2)3)13-6-9-26(24,25)11-13/h4-5,10,13H,6-9,11,18H2,1-3H3,(H,19,22). The van der Waals surface area contributed by atoms with E-state index in [1.165, 1.54) is 4.90 Å². The van der Waals surface area contributed by atoms with Crippen LogP contribution in [0.5, 0.6) is 0 Å². The quantitative estimate of drug-likeness (QED) is 0.551. The van der Waals surface area contributed by atoms with Gasteiger partial charge in [-0.05, 0) is 45.1 Å². The van der Waals surface area contributed by atoms with Crippen LogP contribution in [-0.4, -0.2) is 74.8 Å². The summed E-state index contributed by atoms with van der Waals surface area (Å²) in [6.07, 6.45) is 0.349.